The van der Waals surface area contributed by atoms with Gasteiger partial charge in [0.1, 0.15) is 0 Å². The van der Waals surface area contributed by atoms with Gasteiger partial charge in [-0.25, -0.2) is 4.98 Å². The zero-order valence-electron chi connectivity index (χ0n) is 11.0. The van der Waals surface area contributed by atoms with Gasteiger partial charge in [-0.3, -0.25) is 4.79 Å². The molecule has 0 atom stereocenters. The van der Waals surface area contributed by atoms with Gasteiger partial charge in [-0.1, -0.05) is 39.0 Å². The van der Waals surface area contributed by atoms with E-state index in [1.807, 2.05) is 0 Å². The summed E-state index contributed by atoms with van der Waals surface area (Å²) >= 11 is 0. The zero-order chi connectivity index (χ0) is 13.2. The molecule has 0 aliphatic heterocycles. The van der Waals surface area contributed by atoms with Crippen molar-refractivity contribution in [3.05, 3.63) is 23.9 Å². The second-order valence-electron chi connectivity index (χ2n) is 4.37. The molecule has 0 radical (unpaired) electrons. The number of pyridine rings is 1. The van der Waals surface area contributed by atoms with Crippen molar-refractivity contribution in [2.75, 3.05) is 6.61 Å². The lowest BCUT2D eigenvalue weighted by molar-refractivity contribution is 0.1000. The van der Waals surface area contributed by atoms with Gasteiger partial charge in [0.15, 0.2) is 0 Å². The van der Waals surface area contributed by atoms with E-state index >= 15 is 0 Å². The third-order valence-electron chi connectivity index (χ3n) is 2.77. The highest BCUT2D eigenvalue weighted by molar-refractivity contribution is 5.92. The number of hydrogen-bond donors (Lipinski definition) is 1. The van der Waals surface area contributed by atoms with Crippen molar-refractivity contribution in [3.8, 4) is 5.88 Å². The standard InChI is InChI=1S/C14H22N2O2/c1-2-3-4-5-6-7-10-18-13-9-8-12(11-16-13)14(15)17/h8-9,11H,2-7,10H2,1H3,(H2,15,17). The second kappa shape index (κ2) is 8.50. The van der Waals surface area contributed by atoms with E-state index < -0.39 is 5.91 Å². The molecule has 0 aromatic carbocycles. The number of nitrogens with two attached hydrogens (primary N) is 1. The van der Waals surface area contributed by atoms with Crippen molar-refractivity contribution in [3.63, 3.8) is 0 Å². The molecule has 0 saturated carbocycles. The van der Waals surface area contributed by atoms with Gasteiger partial charge in [0.25, 0.3) is 0 Å². The van der Waals surface area contributed by atoms with Crippen LogP contribution < -0.4 is 10.5 Å². The first-order valence-corrected chi connectivity index (χ1v) is 6.62. The van der Waals surface area contributed by atoms with Gasteiger partial charge in [-0.05, 0) is 12.5 Å². The summed E-state index contributed by atoms with van der Waals surface area (Å²) in [6.07, 6.45) is 8.85. The monoisotopic (exact) mass is 250 g/mol. The van der Waals surface area contributed by atoms with Crippen molar-refractivity contribution in [1.82, 2.24) is 4.98 Å². The van der Waals surface area contributed by atoms with Crippen LogP contribution in [0.2, 0.25) is 0 Å². The van der Waals surface area contributed by atoms with Crippen LogP contribution in [-0.4, -0.2) is 17.5 Å². The number of unbranched alkanes of at least 4 members (excludes halogenated alkanes) is 5. The van der Waals surface area contributed by atoms with Gasteiger partial charge in [0, 0.05) is 12.3 Å². The highest BCUT2D eigenvalue weighted by Crippen LogP contribution is 2.09. The van der Waals surface area contributed by atoms with Gasteiger partial charge in [-0.2, -0.15) is 0 Å². The fourth-order valence-electron chi connectivity index (χ4n) is 1.67. The molecule has 0 saturated heterocycles. The predicted molar refractivity (Wildman–Crippen MR) is 71.6 cm³/mol. The van der Waals surface area contributed by atoms with Crippen LogP contribution in [0.3, 0.4) is 0 Å². The Kier molecular flexibility index (Phi) is 6.84. The first kappa shape index (κ1) is 14.5. The number of ether oxygens (including phenoxy) is 1. The summed E-state index contributed by atoms with van der Waals surface area (Å²) in [5.41, 5.74) is 5.53. The number of rotatable bonds is 9. The van der Waals surface area contributed by atoms with Gasteiger partial charge in [0.05, 0.1) is 12.2 Å². The molecule has 1 aromatic heterocycles. The quantitative estimate of drug-likeness (QED) is 0.685. The first-order chi connectivity index (χ1) is 8.74. The maximum atomic E-state index is 10.8. The average Bonchev–Trinajstić information content (AvgIpc) is 2.38. The largest absolute Gasteiger partial charge is 0.478 e. The van der Waals surface area contributed by atoms with Crippen LogP contribution in [0, 0.1) is 0 Å². The Hall–Kier alpha value is -1.58. The third-order valence-corrected chi connectivity index (χ3v) is 2.77. The summed E-state index contributed by atoms with van der Waals surface area (Å²) in [6, 6.07) is 3.31. The zero-order valence-corrected chi connectivity index (χ0v) is 11.0. The van der Waals surface area contributed by atoms with E-state index in [2.05, 4.69) is 11.9 Å². The van der Waals surface area contributed by atoms with E-state index in [4.69, 9.17) is 10.5 Å². The van der Waals surface area contributed by atoms with Gasteiger partial charge in [0.2, 0.25) is 11.8 Å². The highest BCUT2D eigenvalue weighted by Gasteiger charge is 2.01. The molecule has 0 aliphatic rings. The third kappa shape index (κ3) is 5.66. The number of hydrogen-bond acceptors (Lipinski definition) is 3. The lowest BCUT2D eigenvalue weighted by atomic mass is 10.1. The summed E-state index contributed by atoms with van der Waals surface area (Å²) in [7, 11) is 0. The molecule has 100 valence electrons. The smallest absolute Gasteiger partial charge is 0.250 e. The van der Waals surface area contributed by atoms with Crippen molar-refractivity contribution in [1.29, 1.82) is 0 Å². The molecule has 1 aromatic rings. The van der Waals surface area contributed by atoms with Crippen molar-refractivity contribution >= 4 is 5.91 Å². The Balaban J connectivity index is 2.14. The van der Waals surface area contributed by atoms with Crippen molar-refractivity contribution in [2.45, 2.75) is 45.4 Å². The molecule has 0 bridgehead atoms. The Labute approximate surface area is 109 Å². The first-order valence-electron chi connectivity index (χ1n) is 6.62. The number of carbonyl (C=O) groups is 1. The number of nitrogens with zero attached hydrogens (tertiary/aromatic N) is 1. The highest BCUT2D eigenvalue weighted by atomic mass is 16.5. The fraction of sp³-hybridized carbons (Fsp3) is 0.571. The maximum absolute atomic E-state index is 10.8. The topological polar surface area (TPSA) is 65.2 Å². The summed E-state index contributed by atoms with van der Waals surface area (Å²) in [6.45, 7) is 2.89. The molecule has 4 heteroatoms. The van der Waals surface area contributed by atoms with E-state index in [1.54, 1.807) is 12.1 Å². The fourth-order valence-corrected chi connectivity index (χ4v) is 1.67. The van der Waals surface area contributed by atoms with E-state index in [0.29, 0.717) is 18.1 Å². The van der Waals surface area contributed by atoms with E-state index in [-0.39, 0.29) is 0 Å². The minimum Gasteiger partial charge on any atom is -0.478 e. The van der Waals surface area contributed by atoms with Gasteiger partial charge < -0.3 is 10.5 Å². The molecule has 0 unspecified atom stereocenters. The summed E-state index contributed by atoms with van der Waals surface area (Å²) in [4.78, 5) is 14.9. The van der Waals surface area contributed by atoms with E-state index in [0.717, 1.165) is 6.42 Å². The Morgan fingerprint density at radius 1 is 1.22 bits per heavy atom. The molecular formula is C14H22N2O2. The van der Waals surface area contributed by atoms with Gasteiger partial charge in [-0.15, -0.1) is 0 Å². The minimum absolute atomic E-state index is 0.405. The normalized spacial score (nSPS) is 10.3. The van der Waals surface area contributed by atoms with Crippen molar-refractivity contribution in [2.24, 2.45) is 5.73 Å². The van der Waals surface area contributed by atoms with Gasteiger partial charge >= 0.3 is 0 Å². The lowest BCUT2D eigenvalue weighted by Gasteiger charge is -2.05. The molecular weight excluding hydrogens is 228 g/mol. The maximum Gasteiger partial charge on any atom is 0.250 e. The molecule has 0 fully saturated rings. The average molecular weight is 250 g/mol. The molecule has 0 aliphatic carbocycles. The summed E-state index contributed by atoms with van der Waals surface area (Å²) in [5, 5.41) is 0. The predicted octanol–water partition coefficient (Wildman–Crippen LogP) is 2.92. The molecule has 18 heavy (non-hydrogen) atoms. The SMILES string of the molecule is CCCCCCCCOc1ccc(C(N)=O)cn1. The molecule has 4 nitrogen and oxygen atoms in total. The van der Waals surface area contributed by atoms with E-state index in [9.17, 15) is 4.79 Å². The molecule has 1 amide bonds. The summed E-state index contributed by atoms with van der Waals surface area (Å²) in [5.74, 6) is 0.0820. The van der Waals surface area contributed by atoms with Crippen molar-refractivity contribution < 1.29 is 9.53 Å². The van der Waals surface area contributed by atoms with Crippen LogP contribution in [0.15, 0.2) is 18.3 Å². The summed E-state index contributed by atoms with van der Waals surface area (Å²) < 4.78 is 5.48. The molecule has 2 N–H and O–H groups in total. The van der Waals surface area contributed by atoms with Crippen LogP contribution in [0.25, 0.3) is 0 Å². The van der Waals surface area contributed by atoms with Crippen LogP contribution in [-0.2, 0) is 0 Å². The van der Waals surface area contributed by atoms with Crippen LogP contribution >= 0.6 is 0 Å². The number of amides is 1. The second-order valence-corrected chi connectivity index (χ2v) is 4.37. The Morgan fingerprint density at radius 3 is 2.56 bits per heavy atom. The van der Waals surface area contributed by atoms with Crippen LogP contribution in [0.1, 0.15) is 55.8 Å². The lowest BCUT2D eigenvalue weighted by Crippen LogP contribution is -2.11. The van der Waals surface area contributed by atoms with E-state index in [1.165, 1.54) is 38.3 Å². The minimum atomic E-state index is -0.468. The number of primary amides is 1. The Morgan fingerprint density at radius 2 is 1.94 bits per heavy atom. The molecule has 1 heterocycles. The number of carbonyl (C=O) groups excluding carboxylic acids is 1. The van der Waals surface area contributed by atoms with Crippen LogP contribution in [0.5, 0.6) is 5.88 Å². The van der Waals surface area contributed by atoms with Crippen LogP contribution in [0.4, 0.5) is 0 Å². The molecule has 1 rings (SSSR count). The number of aromatic nitrogens is 1. The Bertz CT molecular complexity index is 349. The molecule has 0 spiro atoms.